The molecule has 100 valence electrons. The van der Waals surface area contributed by atoms with Crippen LogP contribution in [0.5, 0.6) is 0 Å². The Morgan fingerprint density at radius 3 is 2.40 bits per heavy atom. The first-order chi connectivity index (χ1) is 9.65. The van der Waals surface area contributed by atoms with Crippen LogP contribution in [0.2, 0.25) is 0 Å². The van der Waals surface area contributed by atoms with Crippen molar-refractivity contribution in [2.75, 3.05) is 7.11 Å². The van der Waals surface area contributed by atoms with E-state index in [0.29, 0.717) is 5.56 Å². The summed E-state index contributed by atoms with van der Waals surface area (Å²) in [5.41, 5.74) is 10.6. The van der Waals surface area contributed by atoms with E-state index in [1.54, 1.807) is 36.4 Å². The molecule has 0 aromatic heterocycles. The Balaban J connectivity index is 2.36. The summed E-state index contributed by atoms with van der Waals surface area (Å²) < 4.78 is 17.7. The quantitative estimate of drug-likeness (QED) is 0.372. The zero-order valence-corrected chi connectivity index (χ0v) is 10.7. The summed E-state index contributed by atoms with van der Waals surface area (Å²) in [6, 6.07) is 12.8. The third-order valence-corrected chi connectivity index (χ3v) is 2.80. The minimum absolute atomic E-state index is 0.182. The second kappa shape index (κ2) is 5.91. The Morgan fingerprint density at radius 2 is 1.85 bits per heavy atom. The Morgan fingerprint density at radius 1 is 1.15 bits per heavy atom. The summed E-state index contributed by atoms with van der Waals surface area (Å²) in [7, 11) is 1.20. The van der Waals surface area contributed by atoms with Gasteiger partial charge in [0.2, 0.25) is 0 Å². The fraction of sp³-hybridized carbons (Fsp3) is 0.0667. The van der Waals surface area contributed by atoms with Gasteiger partial charge in [0.1, 0.15) is 5.82 Å². The molecule has 0 saturated carbocycles. The van der Waals surface area contributed by atoms with Crippen molar-refractivity contribution in [2.24, 2.45) is 0 Å². The summed E-state index contributed by atoms with van der Waals surface area (Å²) in [5, 5.41) is 0. The van der Waals surface area contributed by atoms with Crippen LogP contribution in [0, 0.1) is 5.82 Å². The summed E-state index contributed by atoms with van der Waals surface area (Å²) in [6.45, 7) is 0. The smallest absolute Gasteiger partial charge is 0.422 e. The molecule has 0 radical (unpaired) electrons. The minimum atomic E-state index is -0.731. The van der Waals surface area contributed by atoms with Gasteiger partial charge in [-0.1, -0.05) is 24.3 Å². The molecule has 0 fully saturated rings. The standard InChI is InChI=1S/C15H11FN2O2/c1-20-15(19)14(18-17)11-7-5-10(6-8-11)12-3-2-4-13(16)9-12/h2-9H,1H3. The fourth-order valence-electron chi connectivity index (χ4n) is 1.80. The van der Waals surface area contributed by atoms with Crippen molar-refractivity contribution in [2.45, 2.75) is 0 Å². The third-order valence-electron chi connectivity index (χ3n) is 2.80. The normalized spacial score (nSPS) is 9.70. The number of carbonyl (C=O) groups excluding carboxylic acids is 1. The van der Waals surface area contributed by atoms with Crippen molar-refractivity contribution in [3.8, 4) is 11.1 Å². The van der Waals surface area contributed by atoms with Crippen LogP contribution in [0.25, 0.3) is 16.7 Å². The van der Waals surface area contributed by atoms with Crippen LogP contribution in [0.3, 0.4) is 0 Å². The monoisotopic (exact) mass is 270 g/mol. The summed E-state index contributed by atoms with van der Waals surface area (Å²) in [6.07, 6.45) is 0. The number of carbonyl (C=O) groups is 1. The van der Waals surface area contributed by atoms with Crippen LogP contribution in [0.4, 0.5) is 4.39 Å². The van der Waals surface area contributed by atoms with E-state index in [9.17, 15) is 9.18 Å². The maximum atomic E-state index is 13.2. The van der Waals surface area contributed by atoms with Gasteiger partial charge in [0.05, 0.1) is 12.7 Å². The van der Waals surface area contributed by atoms with Gasteiger partial charge in [-0.2, -0.15) is 4.79 Å². The lowest BCUT2D eigenvalue weighted by Crippen LogP contribution is -2.18. The lowest BCUT2D eigenvalue weighted by molar-refractivity contribution is -0.137. The number of halogens is 1. The second-order valence-electron chi connectivity index (χ2n) is 4.03. The van der Waals surface area contributed by atoms with E-state index in [1.165, 1.54) is 19.2 Å². The maximum Gasteiger partial charge on any atom is 0.422 e. The molecule has 0 aliphatic carbocycles. The maximum absolute atomic E-state index is 13.2. The third kappa shape index (κ3) is 2.79. The molecule has 2 aromatic rings. The van der Waals surface area contributed by atoms with Crippen molar-refractivity contribution in [3.05, 3.63) is 65.4 Å². The first-order valence-electron chi connectivity index (χ1n) is 5.82. The molecule has 0 saturated heterocycles. The molecule has 0 unspecified atom stereocenters. The Hall–Kier alpha value is -2.78. The minimum Gasteiger partial charge on any atom is -0.460 e. The van der Waals surface area contributed by atoms with Gasteiger partial charge >= 0.3 is 11.7 Å². The van der Waals surface area contributed by atoms with Crippen molar-refractivity contribution >= 4 is 11.7 Å². The predicted molar refractivity (Wildman–Crippen MR) is 71.6 cm³/mol. The van der Waals surface area contributed by atoms with E-state index in [2.05, 4.69) is 9.53 Å². The molecule has 4 nitrogen and oxygen atoms in total. The largest absolute Gasteiger partial charge is 0.460 e. The van der Waals surface area contributed by atoms with Crippen LogP contribution < -0.4 is 0 Å². The highest BCUT2D eigenvalue weighted by molar-refractivity contribution is 6.40. The number of esters is 1. The van der Waals surface area contributed by atoms with E-state index >= 15 is 0 Å². The molecule has 2 aromatic carbocycles. The summed E-state index contributed by atoms with van der Waals surface area (Å²) in [4.78, 5) is 14.3. The fourth-order valence-corrected chi connectivity index (χ4v) is 1.80. The highest BCUT2D eigenvalue weighted by atomic mass is 19.1. The molecule has 0 bridgehead atoms. The molecule has 20 heavy (non-hydrogen) atoms. The predicted octanol–water partition coefficient (Wildman–Crippen LogP) is 2.68. The van der Waals surface area contributed by atoms with Gasteiger partial charge in [0.25, 0.3) is 0 Å². The van der Waals surface area contributed by atoms with E-state index in [4.69, 9.17) is 5.53 Å². The van der Waals surface area contributed by atoms with Crippen LogP contribution in [0.15, 0.2) is 48.5 Å². The molecule has 0 atom stereocenters. The summed E-state index contributed by atoms with van der Waals surface area (Å²) >= 11 is 0. The number of hydrogen-bond donors (Lipinski definition) is 0. The average molecular weight is 270 g/mol. The number of methoxy groups -OCH3 is 1. The van der Waals surface area contributed by atoms with Gasteiger partial charge in [-0.3, -0.25) is 0 Å². The van der Waals surface area contributed by atoms with Crippen molar-refractivity contribution < 1.29 is 18.7 Å². The van der Waals surface area contributed by atoms with Crippen LogP contribution in [-0.4, -0.2) is 23.6 Å². The number of ether oxygens (including phenoxy) is 1. The Bertz CT molecular complexity index is 689. The van der Waals surface area contributed by atoms with Crippen LogP contribution >= 0.6 is 0 Å². The van der Waals surface area contributed by atoms with E-state index < -0.39 is 5.97 Å². The Labute approximate surface area is 115 Å². The highest BCUT2D eigenvalue weighted by Crippen LogP contribution is 2.20. The first kappa shape index (κ1) is 13.6. The average Bonchev–Trinajstić information content (AvgIpc) is 2.48. The molecule has 0 spiro atoms. The molecular formula is C15H11FN2O2. The molecular weight excluding hydrogens is 259 g/mol. The lowest BCUT2D eigenvalue weighted by atomic mass is 10.0. The molecule has 0 N–H and O–H groups in total. The molecule has 0 aliphatic heterocycles. The molecule has 0 amide bonds. The zero-order valence-electron chi connectivity index (χ0n) is 10.7. The number of benzene rings is 2. The Kier molecular flexibility index (Phi) is 4.03. The van der Waals surface area contributed by atoms with Gasteiger partial charge in [0.15, 0.2) is 0 Å². The topological polar surface area (TPSA) is 62.7 Å². The zero-order chi connectivity index (χ0) is 14.5. The SMILES string of the molecule is COC(=O)C(=[N+]=[N-])c1ccc(-c2cccc(F)c2)cc1. The summed E-state index contributed by atoms with van der Waals surface area (Å²) in [5.74, 6) is -1.05. The molecule has 0 heterocycles. The van der Waals surface area contributed by atoms with Gasteiger partial charge in [-0.05, 0) is 35.4 Å². The highest BCUT2D eigenvalue weighted by Gasteiger charge is 2.23. The number of nitrogens with zero attached hydrogens (tertiary/aromatic N) is 2. The van der Waals surface area contributed by atoms with Gasteiger partial charge < -0.3 is 10.3 Å². The van der Waals surface area contributed by atoms with Gasteiger partial charge in [-0.15, -0.1) is 0 Å². The van der Waals surface area contributed by atoms with Crippen molar-refractivity contribution in [1.29, 1.82) is 0 Å². The van der Waals surface area contributed by atoms with Crippen molar-refractivity contribution in [1.82, 2.24) is 0 Å². The molecule has 0 aliphatic rings. The van der Waals surface area contributed by atoms with Crippen molar-refractivity contribution in [3.63, 3.8) is 0 Å². The molecule has 2 rings (SSSR count). The lowest BCUT2D eigenvalue weighted by Gasteiger charge is -2.02. The first-order valence-corrected chi connectivity index (χ1v) is 5.82. The van der Waals surface area contributed by atoms with E-state index in [-0.39, 0.29) is 11.5 Å². The van der Waals surface area contributed by atoms with E-state index in [1.807, 2.05) is 0 Å². The van der Waals surface area contributed by atoms with Crippen LogP contribution in [-0.2, 0) is 9.53 Å². The van der Waals surface area contributed by atoms with Gasteiger partial charge in [0, 0.05) is 0 Å². The second-order valence-corrected chi connectivity index (χ2v) is 4.03. The van der Waals surface area contributed by atoms with Gasteiger partial charge in [-0.25, -0.2) is 9.18 Å². The van der Waals surface area contributed by atoms with E-state index in [0.717, 1.165) is 11.1 Å². The number of hydrogen-bond acceptors (Lipinski definition) is 2. The molecule has 5 heteroatoms. The van der Waals surface area contributed by atoms with Crippen LogP contribution in [0.1, 0.15) is 5.56 Å². The number of rotatable bonds is 3.